The molecule has 0 spiro atoms. The lowest BCUT2D eigenvalue weighted by Gasteiger charge is -2.02. The smallest absolute Gasteiger partial charge is 0.282 e. The predicted molar refractivity (Wildman–Crippen MR) is 107 cm³/mol. The summed E-state index contributed by atoms with van der Waals surface area (Å²) in [5.74, 6) is -0.513. The van der Waals surface area contributed by atoms with Gasteiger partial charge in [0.25, 0.3) is 5.91 Å². The van der Waals surface area contributed by atoms with E-state index in [-0.39, 0.29) is 35.6 Å². The van der Waals surface area contributed by atoms with Gasteiger partial charge in [-0.3, -0.25) is 9.59 Å². The van der Waals surface area contributed by atoms with E-state index in [9.17, 15) is 14.0 Å². The monoisotopic (exact) mass is 437 g/mol. The van der Waals surface area contributed by atoms with Gasteiger partial charge in [0.1, 0.15) is 10.8 Å². The summed E-state index contributed by atoms with van der Waals surface area (Å²) in [6.45, 7) is 2.12. The SMILES string of the molecule is Cc1nc(SCc2nnc(C(=O)NCc3ccc(F)cc3)s2)sc1CC(N)=O. The third-order valence-corrected chi connectivity index (χ3v) is 6.97. The molecule has 0 atom stereocenters. The second-order valence-corrected chi connectivity index (χ2v) is 9.10. The van der Waals surface area contributed by atoms with Crippen LogP contribution in [0.25, 0.3) is 0 Å². The summed E-state index contributed by atoms with van der Waals surface area (Å²) >= 11 is 4.10. The fraction of sp³-hybridized carbons (Fsp3) is 0.235. The van der Waals surface area contributed by atoms with Gasteiger partial charge in [-0.05, 0) is 24.6 Å². The molecule has 3 rings (SSSR count). The van der Waals surface area contributed by atoms with Gasteiger partial charge >= 0.3 is 0 Å². The largest absolute Gasteiger partial charge is 0.369 e. The normalized spacial score (nSPS) is 10.8. The summed E-state index contributed by atoms with van der Waals surface area (Å²) in [4.78, 5) is 28.5. The molecule has 2 aromatic heterocycles. The molecule has 0 bridgehead atoms. The number of nitrogens with zero attached hydrogens (tertiary/aromatic N) is 3. The van der Waals surface area contributed by atoms with Crippen LogP contribution in [0.15, 0.2) is 28.6 Å². The first-order valence-electron chi connectivity index (χ1n) is 8.13. The van der Waals surface area contributed by atoms with Crippen LogP contribution in [0.4, 0.5) is 4.39 Å². The first-order valence-corrected chi connectivity index (χ1v) is 10.7. The van der Waals surface area contributed by atoms with E-state index in [4.69, 9.17) is 5.73 Å². The number of carbonyl (C=O) groups is 2. The maximum Gasteiger partial charge on any atom is 0.282 e. The highest BCUT2D eigenvalue weighted by molar-refractivity contribution is 8.00. The van der Waals surface area contributed by atoms with Crippen molar-refractivity contribution >= 4 is 46.2 Å². The minimum Gasteiger partial charge on any atom is -0.369 e. The lowest BCUT2D eigenvalue weighted by atomic mass is 10.2. The Kier molecular flexibility index (Phi) is 6.70. The van der Waals surface area contributed by atoms with Crippen LogP contribution in [0.3, 0.4) is 0 Å². The van der Waals surface area contributed by atoms with Crippen LogP contribution in [0, 0.1) is 12.7 Å². The number of rotatable bonds is 8. The van der Waals surface area contributed by atoms with Crippen LogP contribution in [0.1, 0.15) is 30.9 Å². The zero-order valence-electron chi connectivity index (χ0n) is 14.8. The Morgan fingerprint density at radius 1 is 1.21 bits per heavy atom. The predicted octanol–water partition coefficient (Wildman–Crippen LogP) is 2.69. The van der Waals surface area contributed by atoms with E-state index in [0.29, 0.717) is 10.8 Å². The Hall–Kier alpha value is -2.37. The topological polar surface area (TPSA) is 111 Å². The van der Waals surface area contributed by atoms with Crippen molar-refractivity contribution in [3.05, 3.63) is 56.2 Å². The molecule has 3 aromatic rings. The fourth-order valence-electron chi connectivity index (χ4n) is 2.17. The van der Waals surface area contributed by atoms with E-state index in [1.165, 1.54) is 46.6 Å². The molecule has 11 heteroatoms. The van der Waals surface area contributed by atoms with Crippen molar-refractivity contribution in [2.45, 2.75) is 30.0 Å². The highest BCUT2D eigenvalue weighted by Crippen LogP contribution is 2.30. The molecule has 3 N–H and O–H groups in total. The third kappa shape index (κ3) is 5.57. The van der Waals surface area contributed by atoms with Gasteiger partial charge in [-0.15, -0.1) is 21.5 Å². The van der Waals surface area contributed by atoms with Crippen molar-refractivity contribution in [3.63, 3.8) is 0 Å². The first kappa shape index (κ1) is 20.4. The van der Waals surface area contributed by atoms with Crippen LogP contribution in [-0.2, 0) is 23.5 Å². The summed E-state index contributed by atoms with van der Waals surface area (Å²) in [6.07, 6.45) is 0.182. The van der Waals surface area contributed by atoms with Crippen LogP contribution in [-0.4, -0.2) is 27.0 Å². The van der Waals surface area contributed by atoms with Crippen LogP contribution in [0.2, 0.25) is 0 Å². The van der Waals surface area contributed by atoms with Crippen molar-refractivity contribution in [1.82, 2.24) is 20.5 Å². The Balaban J connectivity index is 1.53. The molecule has 0 fully saturated rings. The zero-order chi connectivity index (χ0) is 20.1. The zero-order valence-corrected chi connectivity index (χ0v) is 17.2. The Bertz CT molecular complexity index is 987. The van der Waals surface area contributed by atoms with Crippen molar-refractivity contribution in [2.75, 3.05) is 0 Å². The maximum atomic E-state index is 12.9. The summed E-state index contributed by atoms with van der Waals surface area (Å²) in [5.41, 5.74) is 6.82. The second kappa shape index (κ2) is 9.22. The van der Waals surface area contributed by atoms with E-state index in [2.05, 4.69) is 20.5 Å². The maximum absolute atomic E-state index is 12.9. The second-order valence-electron chi connectivity index (χ2n) is 5.73. The molecule has 0 unspecified atom stereocenters. The molecule has 2 amide bonds. The number of nitrogens with two attached hydrogens (primary N) is 1. The van der Waals surface area contributed by atoms with E-state index < -0.39 is 0 Å². The molecule has 0 aliphatic rings. The number of primary amides is 1. The molecule has 2 heterocycles. The van der Waals surface area contributed by atoms with Gasteiger partial charge < -0.3 is 11.1 Å². The van der Waals surface area contributed by atoms with Gasteiger partial charge in [-0.1, -0.05) is 35.2 Å². The molecule has 7 nitrogen and oxygen atoms in total. The molecule has 0 aliphatic carbocycles. The van der Waals surface area contributed by atoms with Gasteiger partial charge in [-0.25, -0.2) is 9.37 Å². The molecular formula is C17H16FN5O2S3. The van der Waals surface area contributed by atoms with Gasteiger partial charge in [-0.2, -0.15) is 0 Å². The van der Waals surface area contributed by atoms with E-state index in [1.807, 2.05) is 6.92 Å². The summed E-state index contributed by atoms with van der Waals surface area (Å²) in [5, 5.41) is 11.7. The van der Waals surface area contributed by atoms with E-state index in [0.717, 1.165) is 20.5 Å². The number of carbonyl (C=O) groups excluding carboxylic acids is 2. The molecule has 0 saturated heterocycles. The highest BCUT2D eigenvalue weighted by Gasteiger charge is 2.15. The molecule has 28 heavy (non-hydrogen) atoms. The lowest BCUT2D eigenvalue weighted by molar-refractivity contribution is -0.117. The molecule has 1 aromatic carbocycles. The number of nitrogens with one attached hydrogen (secondary N) is 1. The minimum atomic E-state index is -0.385. The van der Waals surface area contributed by atoms with Gasteiger partial charge in [0.2, 0.25) is 10.9 Å². The number of hydrogen-bond donors (Lipinski definition) is 2. The Morgan fingerprint density at radius 2 is 1.96 bits per heavy atom. The number of halogens is 1. The molecule has 0 radical (unpaired) electrons. The van der Waals surface area contributed by atoms with Crippen LogP contribution < -0.4 is 11.1 Å². The molecule has 0 aliphatic heterocycles. The molecular weight excluding hydrogens is 421 g/mol. The van der Waals surface area contributed by atoms with Crippen molar-refractivity contribution in [2.24, 2.45) is 5.73 Å². The van der Waals surface area contributed by atoms with Gasteiger partial charge in [0, 0.05) is 11.4 Å². The average Bonchev–Trinajstić information content (AvgIpc) is 3.26. The van der Waals surface area contributed by atoms with Crippen molar-refractivity contribution in [3.8, 4) is 0 Å². The minimum absolute atomic E-state index is 0.182. The standard InChI is InChI=1S/C17H16FN5O2S3/c1-9-12(6-13(19)24)27-17(21-9)26-8-14-22-23-16(28-14)15(25)20-7-10-2-4-11(18)5-3-10/h2-5H,6-8H2,1H3,(H2,19,24)(H,20,25). The first-order chi connectivity index (χ1) is 13.4. The summed E-state index contributed by atoms with van der Waals surface area (Å²) in [6, 6.07) is 5.91. The number of amides is 2. The fourth-order valence-corrected chi connectivity index (χ4v) is 5.16. The van der Waals surface area contributed by atoms with E-state index >= 15 is 0 Å². The molecule has 146 valence electrons. The third-order valence-electron chi connectivity index (χ3n) is 3.55. The van der Waals surface area contributed by atoms with Gasteiger partial charge in [0.05, 0.1) is 17.9 Å². The average molecular weight is 438 g/mol. The Labute approximate surface area is 172 Å². The van der Waals surface area contributed by atoms with Crippen LogP contribution in [0.5, 0.6) is 0 Å². The summed E-state index contributed by atoms with van der Waals surface area (Å²) < 4.78 is 13.7. The van der Waals surface area contributed by atoms with Crippen molar-refractivity contribution < 1.29 is 14.0 Å². The highest BCUT2D eigenvalue weighted by atomic mass is 32.2. The number of hydrogen-bond acceptors (Lipinski definition) is 8. The quantitative estimate of drug-likeness (QED) is 0.524. The molecule has 0 saturated carbocycles. The number of aromatic nitrogens is 3. The van der Waals surface area contributed by atoms with Gasteiger partial charge in [0.15, 0.2) is 4.34 Å². The lowest BCUT2D eigenvalue weighted by Crippen LogP contribution is -2.22. The number of aryl methyl sites for hydroxylation is 1. The Morgan fingerprint density at radius 3 is 2.68 bits per heavy atom. The number of thiazole rings is 1. The number of thioether (sulfide) groups is 1. The number of benzene rings is 1. The summed E-state index contributed by atoms with van der Waals surface area (Å²) in [7, 11) is 0. The van der Waals surface area contributed by atoms with Crippen LogP contribution >= 0.6 is 34.4 Å². The van der Waals surface area contributed by atoms with E-state index in [1.54, 1.807) is 12.1 Å². The van der Waals surface area contributed by atoms with Crippen molar-refractivity contribution in [1.29, 1.82) is 0 Å².